The fourth-order valence-electron chi connectivity index (χ4n) is 2.04. The average molecular weight is 394 g/mol. The van der Waals surface area contributed by atoms with Crippen molar-refractivity contribution in [3.8, 4) is 17.2 Å². The molecule has 10 heteroatoms. The Kier molecular flexibility index (Phi) is 7.00. The Morgan fingerprint density at radius 3 is 2.19 bits per heavy atom. The van der Waals surface area contributed by atoms with Crippen LogP contribution in [0, 0.1) is 0 Å². The predicted octanol–water partition coefficient (Wildman–Crippen LogP) is 1.39. The van der Waals surface area contributed by atoms with Crippen molar-refractivity contribution in [3.63, 3.8) is 0 Å². The van der Waals surface area contributed by atoms with Gasteiger partial charge in [-0.3, -0.25) is 20.4 Å². The lowest BCUT2D eigenvalue weighted by atomic mass is 10.1. The number of methoxy groups -OCH3 is 3. The zero-order valence-corrected chi connectivity index (χ0v) is 15.7. The largest absolute Gasteiger partial charge is 0.493 e. The highest BCUT2D eigenvalue weighted by molar-refractivity contribution is 7.11. The molecule has 2 amide bonds. The van der Waals surface area contributed by atoms with Gasteiger partial charge in [-0.2, -0.15) is 0 Å². The number of benzene rings is 1. The highest BCUT2D eigenvalue weighted by Gasteiger charge is 2.18. The normalized spacial score (nSPS) is 9.89. The van der Waals surface area contributed by atoms with Gasteiger partial charge >= 0.3 is 5.97 Å². The van der Waals surface area contributed by atoms with Crippen molar-refractivity contribution in [2.75, 3.05) is 27.9 Å². The van der Waals surface area contributed by atoms with E-state index in [9.17, 15) is 14.4 Å². The summed E-state index contributed by atoms with van der Waals surface area (Å²) in [4.78, 5) is 36.0. The first-order valence-electron chi connectivity index (χ1n) is 7.60. The van der Waals surface area contributed by atoms with E-state index < -0.39 is 24.4 Å². The van der Waals surface area contributed by atoms with E-state index in [0.717, 1.165) is 0 Å². The van der Waals surface area contributed by atoms with Crippen LogP contribution in [0.25, 0.3) is 0 Å². The second-order valence-electron chi connectivity index (χ2n) is 4.97. The van der Waals surface area contributed by atoms with Gasteiger partial charge in [0.05, 0.1) is 21.3 Å². The summed E-state index contributed by atoms with van der Waals surface area (Å²) in [5.41, 5.74) is 4.55. The molecule has 0 saturated heterocycles. The number of esters is 1. The van der Waals surface area contributed by atoms with Crippen LogP contribution in [0.15, 0.2) is 29.6 Å². The van der Waals surface area contributed by atoms with Gasteiger partial charge in [-0.05, 0) is 23.6 Å². The summed E-state index contributed by atoms with van der Waals surface area (Å²) in [6.45, 7) is -0.535. The minimum atomic E-state index is -0.694. The molecular weight excluding hydrogens is 376 g/mol. The van der Waals surface area contributed by atoms with Crippen LogP contribution < -0.4 is 25.1 Å². The zero-order valence-electron chi connectivity index (χ0n) is 14.9. The first-order valence-corrected chi connectivity index (χ1v) is 8.48. The molecule has 2 rings (SSSR count). The van der Waals surface area contributed by atoms with Crippen LogP contribution in [0.4, 0.5) is 0 Å². The van der Waals surface area contributed by atoms with E-state index in [1.807, 2.05) is 0 Å². The number of hydrazine groups is 1. The molecule has 1 aromatic carbocycles. The standard InChI is InChI=1S/C17H18N2O7S/c1-23-11-7-10(8-12(24-2)15(11)25-3)16(21)19-18-14(20)9-26-17(22)13-5-4-6-27-13/h4-8H,9H2,1-3H3,(H,18,20)(H,19,21). The summed E-state index contributed by atoms with van der Waals surface area (Å²) in [7, 11) is 4.28. The molecule has 2 aromatic rings. The van der Waals surface area contributed by atoms with E-state index in [0.29, 0.717) is 22.1 Å². The molecule has 0 aliphatic heterocycles. The molecule has 0 fully saturated rings. The smallest absolute Gasteiger partial charge is 0.348 e. The van der Waals surface area contributed by atoms with Crippen molar-refractivity contribution in [2.45, 2.75) is 0 Å². The molecule has 0 saturated carbocycles. The molecule has 0 aliphatic rings. The van der Waals surface area contributed by atoms with Gasteiger partial charge < -0.3 is 18.9 Å². The Morgan fingerprint density at radius 2 is 1.67 bits per heavy atom. The van der Waals surface area contributed by atoms with Crippen molar-refractivity contribution in [1.29, 1.82) is 0 Å². The number of carbonyl (C=O) groups excluding carboxylic acids is 3. The molecule has 0 aliphatic carbocycles. The Balaban J connectivity index is 1.93. The first kappa shape index (κ1) is 20.0. The fourth-order valence-corrected chi connectivity index (χ4v) is 2.66. The second-order valence-corrected chi connectivity index (χ2v) is 5.92. The number of ether oxygens (including phenoxy) is 4. The van der Waals surface area contributed by atoms with Crippen molar-refractivity contribution < 1.29 is 33.3 Å². The van der Waals surface area contributed by atoms with E-state index in [1.54, 1.807) is 17.5 Å². The second kappa shape index (κ2) is 9.43. The molecule has 0 radical (unpaired) electrons. The third kappa shape index (κ3) is 5.11. The van der Waals surface area contributed by atoms with E-state index in [1.165, 1.54) is 44.8 Å². The number of nitrogens with one attached hydrogen (secondary N) is 2. The number of rotatable bonds is 7. The topological polar surface area (TPSA) is 112 Å². The minimum absolute atomic E-state index is 0.167. The van der Waals surface area contributed by atoms with Crippen molar-refractivity contribution in [3.05, 3.63) is 40.1 Å². The molecule has 0 bridgehead atoms. The SMILES string of the molecule is COc1cc(C(=O)NNC(=O)COC(=O)c2cccs2)cc(OC)c1OC. The number of hydrogen-bond donors (Lipinski definition) is 2. The molecule has 0 atom stereocenters. The molecule has 144 valence electrons. The summed E-state index contributed by atoms with van der Waals surface area (Å²) in [5, 5.41) is 1.72. The minimum Gasteiger partial charge on any atom is -0.493 e. The van der Waals surface area contributed by atoms with E-state index in [-0.39, 0.29) is 5.56 Å². The summed E-state index contributed by atoms with van der Waals surface area (Å²) in [6, 6.07) is 6.13. The van der Waals surface area contributed by atoms with Crippen LogP contribution in [-0.4, -0.2) is 45.7 Å². The number of thiophene rings is 1. The van der Waals surface area contributed by atoms with Crippen molar-refractivity contribution >= 4 is 29.1 Å². The summed E-state index contributed by atoms with van der Waals surface area (Å²) in [6.07, 6.45) is 0. The molecule has 9 nitrogen and oxygen atoms in total. The van der Waals surface area contributed by atoms with Crippen LogP contribution in [0.2, 0.25) is 0 Å². The van der Waals surface area contributed by atoms with Gasteiger partial charge in [0.25, 0.3) is 11.8 Å². The molecule has 0 unspecified atom stereocenters. The van der Waals surface area contributed by atoms with Gasteiger partial charge in [0.1, 0.15) is 4.88 Å². The first-order chi connectivity index (χ1) is 13.0. The van der Waals surface area contributed by atoms with Crippen LogP contribution in [0.3, 0.4) is 0 Å². The number of amides is 2. The number of hydrogen-bond acceptors (Lipinski definition) is 8. The maximum absolute atomic E-state index is 12.2. The summed E-state index contributed by atoms with van der Waals surface area (Å²) in [5.74, 6) is -1.01. The lowest BCUT2D eigenvalue weighted by Gasteiger charge is -2.14. The molecular formula is C17H18N2O7S. The quantitative estimate of drug-likeness (QED) is 0.539. The fraction of sp³-hybridized carbons (Fsp3) is 0.235. The Hall–Kier alpha value is -3.27. The van der Waals surface area contributed by atoms with Crippen molar-refractivity contribution in [1.82, 2.24) is 10.9 Å². The highest BCUT2D eigenvalue weighted by atomic mass is 32.1. The lowest BCUT2D eigenvalue weighted by molar-refractivity contribution is -0.125. The third-order valence-electron chi connectivity index (χ3n) is 3.30. The Labute approximate surface area is 159 Å². The van der Waals surface area contributed by atoms with E-state index >= 15 is 0 Å². The van der Waals surface area contributed by atoms with Gasteiger partial charge in [-0.1, -0.05) is 6.07 Å². The van der Waals surface area contributed by atoms with Gasteiger partial charge in [0.15, 0.2) is 18.1 Å². The number of carbonyl (C=O) groups is 3. The van der Waals surface area contributed by atoms with Crippen molar-refractivity contribution in [2.24, 2.45) is 0 Å². The summed E-state index contributed by atoms with van der Waals surface area (Å²) < 4.78 is 20.4. The maximum atomic E-state index is 12.2. The highest BCUT2D eigenvalue weighted by Crippen LogP contribution is 2.38. The van der Waals surface area contributed by atoms with Crippen LogP contribution in [-0.2, 0) is 9.53 Å². The lowest BCUT2D eigenvalue weighted by Crippen LogP contribution is -2.43. The van der Waals surface area contributed by atoms with Gasteiger partial charge in [0.2, 0.25) is 5.75 Å². The molecule has 2 N–H and O–H groups in total. The Morgan fingerprint density at radius 1 is 1.00 bits per heavy atom. The van der Waals surface area contributed by atoms with E-state index in [4.69, 9.17) is 18.9 Å². The molecule has 0 spiro atoms. The van der Waals surface area contributed by atoms with Gasteiger partial charge in [0, 0.05) is 5.56 Å². The van der Waals surface area contributed by atoms with Crippen LogP contribution >= 0.6 is 11.3 Å². The molecule has 27 heavy (non-hydrogen) atoms. The molecule has 1 aromatic heterocycles. The third-order valence-corrected chi connectivity index (χ3v) is 4.15. The van der Waals surface area contributed by atoms with Gasteiger partial charge in [-0.15, -0.1) is 11.3 Å². The monoisotopic (exact) mass is 394 g/mol. The predicted molar refractivity (Wildman–Crippen MR) is 96.3 cm³/mol. The summed E-state index contributed by atoms with van der Waals surface area (Å²) >= 11 is 1.20. The van der Waals surface area contributed by atoms with Crippen LogP contribution in [0.5, 0.6) is 17.2 Å². The maximum Gasteiger partial charge on any atom is 0.348 e. The van der Waals surface area contributed by atoms with E-state index in [2.05, 4.69) is 10.9 Å². The van der Waals surface area contributed by atoms with Crippen LogP contribution in [0.1, 0.15) is 20.0 Å². The Bertz CT molecular complexity index is 796. The molecule has 1 heterocycles. The zero-order chi connectivity index (χ0) is 19.8. The van der Waals surface area contributed by atoms with Gasteiger partial charge in [-0.25, -0.2) is 4.79 Å². The average Bonchev–Trinajstić information content (AvgIpc) is 3.23.